The van der Waals surface area contributed by atoms with Crippen LogP contribution in [0.3, 0.4) is 0 Å². The molecule has 3 rings (SSSR count). The van der Waals surface area contributed by atoms with Gasteiger partial charge in [0.05, 0.1) is 16.0 Å². The van der Waals surface area contributed by atoms with Crippen molar-refractivity contribution in [2.24, 2.45) is 0 Å². The van der Waals surface area contributed by atoms with Gasteiger partial charge < -0.3 is 4.84 Å². The fraction of sp³-hybridized carbons (Fsp3) is 0.471. The summed E-state index contributed by atoms with van der Waals surface area (Å²) in [4.78, 5) is 30.2. The van der Waals surface area contributed by atoms with E-state index in [-0.39, 0.29) is 11.2 Å². The third-order valence-electron chi connectivity index (χ3n) is 5.92. The summed E-state index contributed by atoms with van der Waals surface area (Å²) < 4.78 is 0. The van der Waals surface area contributed by atoms with Gasteiger partial charge in [-0.05, 0) is 52.4 Å². The van der Waals surface area contributed by atoms with Crippen molar-refractivity contribution in [1.82, 2.24) is 9.96 Å². The van der Waals surface area contributed by atoms with Gasteiger partial charge in [0.2, 0.25) is 0 Å². The molecule has 1 aromatic carbocycles. The van der Waals surface area contributed by atoms with Gasteiger partial charge in [0.25, 0.3) is 5.69 Å². The van der Waals surface area contributed by atoms with Crippen molar-refractivity contribution in [2.45, 2.75) is 44.4 Å². The van der Waals surface area contributed by atoms with Crippen molar-refractivity contribution in [1.29, 1.82) is 0 Å². The topological polar surface area (TPSA) is 75.9 Å². The summed E-state index contributed by atoms with van der Waals surface area (Å²) in [7, 11) is 1.94. The number of likely N-dealkylation sites (N-methyl/N-ethyl adjacent to an activating group) is 1. The molecule has 1 saturated heterocycles. The van der Waals surface area contributed by atoms with Gasteiger partial charge in [-0.2, -0.15) is 0 Å². The number of nitro groups is 1. The zero-order chi connectivity index (χ0) is 17.9. The van der Waals surface area contributed by atoms with E-state index in [2.05, 4.69) is 32.6 Å². The zero-order valence-corrected chi connectivity index (χ0v) is 14.4. The number of benzene rings is 1. The van der Waals surface area contributed by atoms with E-state index in [0.717, 1.165) is 11.8 Å². The molecule has 7 heteroatoms. The first-order chi connectivity index (χ1) is 11.1. The van der Waals surface area contributed by atoms with Crippen LogP contribution in [0.15, 0.2) is 36.1 Å². The summed E-state index contributed by atoms with van der Waals surface area (Å²) in [6.45, 7) is 8.28. The molecule has 2 aliphatic rings. The van der Waals surface area contributed by atoms with E-state index in [4.69, 9.17) is 4.84 Å². The Hall–Kier alpha value is -2.25. The van der Waals surface area contributed by atoms with Gasteiger partial charge in [0.15, 0.2) is 11.9 Å². The SMILES string of the molecule is CN1C2(c3ccc([N+](=O)[O-])cc3)C(C=O)=CON2C(C)(C)C1(C)C. The van der Waals surface area contributed by atoms with Crippen molar-refractivity contribution in [3.05, 3.63) is 51.8 Å². The molecule has 0 bridgehead atoms. The number of nitrogens with zero attached hydrogens (tertiary/aromatic N) is 3. The Balaban J connectivity index is 2.24. The second-order valence-corrected chi connectivity index (χ2v) is 7.24. The first-order valence-electron chi connectivity index (χ1n) is 7.73. The molecule has 1 aromatic rings. The van der Waals surface area contributed by atoms with E-state index in [0.29, 0.717) is 5.57 Å². The summed E-state index contributed by atoms with van der Waals surface area (Å²) in [5.74, 6) is 0. The average molecular weight is 331 g/mol. The van der Waals surface area contributed by atoms with E-state index in [9.17, 15) is 14.9 Å². The maximum atomic E-state index is 11.8. The molecule has 0 aromatic heterocycles. The highest BCUT2D eigenvalue weighted by Gasteiger charge is 2.69. The number of carbonyl (C=O) groups is 1. The lowest BCUT2D eigenvalue weighted by atomic mass is 9.83. The number of rotatable bonds is 3. The Bertz CT molecular complexity index is 739. The molecule has 7 nitrogen and oxygen atoms in total. The maximum Gasteiger partial charge on any atom is 0.269 e. The van der Waals surface area contributed by atoms with E-state index in [1.165, 1.54) is 18.4 Å². The Morgan fingerprint density at radius 2 is 1.71 bits per heavy atom. The number of hydroxylamine groups is 2. The van der Waals surface area contributed by atoms with Crippen LogP contribution >= 0.6 is 0 Å². The summed E-state index contributed by atoms with van der Waals surface area (Å²) in [6, 6.07) is 6.28. The van der Waals surface area contributed by atoms with Gasteiger partial charge in [0.1, 0.15) is 6.26 Å². The first-order valence-corrected chi connectivity index (χ1v) is 7.73. The summed E-state index contributed by atoms with van der Waals surface area (Å²) in [5, 5.41) is 12.8. The van der Waals surface area contributed by atoms with Gasteiger partial charge >= 0.3 is 0 Å². The fourth-order valence-electron chi connectivity index (χ4n) is 3.72. The van der Waals surface area contributed by atoms with Crippen LogP contribution in [0, 0.1) is 10.1 Å². The minimum atomic E-state index is -0.913. The van der Waals surface area contributed by atoms with Gasteiger partial charge in [-0.3, -0.25) is 19.8 Å². The molecular weight excluding hydrogens is 310 g/mol. The molecule has 1 fully saturated rings. The van der Waals surface area contributed by atoms with Crippen LogP contribution in [0.4, 0.5) is 5.69 Å². The molecule has 128 valence electrons. The molecular formula is C17H21N3O4. The van der Waals surface area contributed by atoms with Crippen LogP contribution in [0.25, 0.3) is 0 Å². The molecule has 0 amide bonds. The molecule has 1 unspecified atom stereocenters. The third kappa shape index (κ3) is 1.71. The standard InChI is InChI=1S/C17H21N3O4/c1-15(2)16(3,4)20-17(18(15)5,13(10-21)11-24-20)12-6-8-14(9-7-12)19(22)23/h6-11H,1-5H3. The smallest absolute Gasteiger partial charge is 0.269 e. The molecule has 0 spiro atoms. The van der Waals surface area contributed by atoms with Gasteiger partial charge in [0, 0.05) is 17.7 Å². The van der Waals surface area contributed by atoms with Gasteiger partial charge in [-0.25, -0.2) is 0 Å². The van der Waals surface area contributed by atoms with Gasteiger partial charge in [-0.1, -0.05) is 0 Å². The average Bonchev–Trinajstić information content (AvgIpc) is 2.98. The Labute approximate surface area is 140 Å². The third-order valence-corrected chi connectivity index (χ3v) is 5.92. The first kappa shape index (κ1) is 16.6. The van der Waals surface area contributed by atoms with Crippen molar-refractivity contribution < 1.29 is 14.6 Å². The number of nitro benzene ring substituents is 1. The van der Waals surface area contributed by atoms with Crippen molar-refractivity contribution >= 4 is 12.0 Å². The molecule has 2 heterocycles. The minimum Gasteiger partial charge on any atom is -0.410 e. The predicted molar refractivity (Wildman–Crippen MR) is 87.8 cm³/mol. The summed E-state index contributed by atoms with van der Waals surface area (Å²) in [5.41, 5.74) is -0.412. The van der Waals surface area contributed by atoms with E-state index in [1.807, 2.05) is 12.1 Å². The molecule has 1 atom stereocenters. The summed E-state index contributed by atoms with van der Waals surface area (Å²) >= 11 is 0. The zero-order valence-electron chi connectivity index (χ0n) is 14.4. The minimum absolute atomic E-state index is 0.0106. The highest BCUT2D eigenvalue weighted by atomic mass is 16.7. The lowest BCUT2D eigenvalue weighted by Crippen LogP contribution is -2.53. The number of carbonyl (C=O) groups excluding carboxylic acids is 1. The fourth-order valence-corrected chi connectivity index (χ4v) is 3.72. The van der Waals surface area contributed by atoms with Crippen LogP contribution in [0.5, 0.6) is 0 Å². The molecule has 0 aliphatic carbocycles. The highest BCUT2D eigenvalue weighted by Crippen LogP contribution is 2.58. The quantitative estimate of drug-likeness (QED) is 0.481. The van der Waals surface area contributed by atoms with E-state index in [1.54, 1.807) is 12.1 Å². The van der Waals surface area contributed by atoms with Crippen LogP contribution in [0.1, 0.15) is 33.3 Å². The number of fused-ring (bicyclic) bond motifs is 1. The largest absolute Gasteiger partial charge is 0.410 e. The second kappa shape index (κ2) is 4.87. The Morgan fingerprint density at radius 3 is 2.21 bits per heavy atom. The second-order valence-electron chi connectivity index (χ2n) is 7.24. The lowest BCUT2D eigenvalue weighted by molar-refractivity contribution is -0.384. The normalized spacial score (nSPS) is 28.1. The van der Waals surface area contributed by atoms with Crippen LogP contribution < -0.4 is 0 Å². The van der Waals surface area contributed by atoms with Crippen molar-refractivity contribution in [2.75, 3.05) is 7.05 Å². The molecule has 0 saturated carbocycles. The Kier molecular flexibility index (Phi) is 3.37. The number of non-ortho nitro benzene ring substituents is 1. The molecule has 0 N–H and O–H groups in total. The lowest BCUT2D eigenvalue weighted by Gasteiger charge is -2.40. The number of hydrogen-bond acceptors (Lipinski definition) is 6. The summed E-state index contributed by atoms with van der Waals surface area (Å²) in [6.07, 6.45) is 2.25. The van der Waals surface area contributed by atoms with Gasteiger partial charge in [-0.15, -0.1) is 5.06 Å². The number of aldehydes is 1. The molecule has 0 radical (unpaired) electrons. The molecule has 2 aliphatic heterocycles. The number of hydrogen-bond donors (Lipinski definition) is 0. The van der Waals surface area contributed by atoms with E-state index >= 15 is 0 Å². The van der Waals surface area contributed by atoms with Crippen LogP contribution in [-0.4, -0.2) is 39.3 Å². The van der Waals surface area contributed by atoms with Crippen LogP contribution in [0.2, 0.25) is 0 Å². The maximum absolute atomic E-state index is 11.8. The monoisotopic (exact) mass is 331 g/mol. The Morgan fingerprint density at radius 1 is 1.12 bits per heavy atom. The highest BCUT2D eigenvalue weighted by molar-refractivity contribution is 5.78. The predicted octanol–water partition coefficient (Wildman–Crippen LogP) is 2.58. The van der Waals surface area contributed by atoms with Crippen molar-refractivity contribution in [3.8, 4) is 0 Å². The molecule has 24 heavy (non-hydrogen) atoms. The van der Waals surface area contributed by atoms with E-state index < -0.39 is 16.1 Å². The van der Waals surface area contributed by atoms with Crippen molar-refractivity contribution in [3.63, 3.8) is 0 Å². The van der Waals surface area contributed by atoms with Crippen LogP contribution in [-0.2, 0) is 15.3 Å².